The van der Waals surface area contributed by atoms with Crippen LogP contribution in [0.1, 0.15) is 69.2 Å². The predicted octanol–water partition coefficient (Wildman–Crippen LogP) is 5.86. The largest absolute Gasteiger partial charge is 0.413 e. The molecule has 2 heteroatoms. The zero-order valence-electron chi connectivity index (χ0n) is 14.4. The Morgan fingerprint density at radius 2 is 0.833 bits per heavy atom. The van der Waals surface area contributed by atoms with E-state index in [0.717, 1.165) is 0 Å². The van der Waals surface area contributed by atoms with Crippen molar-refractivity contribution in [3.8, 4) is 0 Å². The van der Waals surface area contributed by atoms with Gasteiger partial charge in [0.2, 0.25) is 8.32 Å². The van der Waals surface area contributed by atoms with E-state index in [1.807, 2.05) is 0 Å². The minimum atomic E-state index is -1.72. The van der Waals surface area contributed by atoms with Crippen LogP contribution >= 0.6 is 0 Å². The number of hydrogen-bond acceptors (Lipinski definition) is 1. The van der Waals surface area contributed by atoms with Gasteiger partial charge in [0.25, 0.3) is 0 Å². The molecule has 0 saturated heterocycles. The molecule has 0 aliphatic rings. The fourth-order valence-corrected chi connectivity index (χ4v) is 9.52. The molecule has 0 aromatic rings. The zero-order chi connectivity index (χ0) is 14.7. The third-order valence-corrected chi connectivity index (χ3v) is 10.5. The van der Waals surface area contributed by atoms with Crippen molar-refractivity contribution in [1.29, 1.82) is 0 Å². The highest BCUT2D eigenvalue weighted by Gasteiger charge is 2.47. The first-order valence-electron chi connectivity index (χ1n) is 7.75. The van der Waals surface area contributed by atoms with Gasteiger partial charge in [0.15, 0.2) is 0 Å². The summed E-state index contributed by atoms with van der Waals surface area (Å²) in [6.45, 7) is 23.4. The third-order valence-electron chi connectivity index (χ3n) is 4.36. The van der Waals surface area contributed by atoms with Crippen molar-refractivity contribution in [1.82, 2.24) is 0 Å². The molecule has 0 aliphatic heterocycles. The quantitative estimate of drug-likeness (QED) is 0.527. The summed E-state index contributed by atoms with van der Waals surface area (Å²) in [6, 6.07) is 0. The number of rotatable bonds is 7. The Morgan fingerprint density at radius 3 is 1.00 bits per heavy atom. The summed E-state index contributed by atoms with van der Waals surface area (Å²) in [6.07, 6.45) is 0.406. The normalized spacial score (nSPS) is 14.0. The van der Waals surface area contributed by atoms with Crippen molar-refractivity contribution in [3.63, 3.8) is 0 Å². The molecule has 0 saturated carbocycles. The van der Waals surface area contributed by atoms with E-state index in [1.54, 1.807) is 0 Å². The summed E-state index contributed by atoms with van der Waals surface area (Å²) in [4.78, 5) is 0. The Balaban J connectivity index is 5.33. The fraction of sp³-hybridized carbons (Fsp3) is 1.00. The van der Waals surface area contributed by atoms with Crippen molar-refractivity contribution in [2.45, 2.75) is 92.0 Å². The molecule has 0 atom stereocenters. The van der Waals surface area contributed by atoms with E-state index in [0.29, 0.717) is 34.6 Å². The molecule has 0 spiro atoms. The van der Waals surface area contributed by atoms with Gasteiger partial charge in [0, 0.05) is 6.10 Å². The maximum atomic E-state index is 6.88. The van der Waals surface area contributed by atoms with Gasteiger partial charge < -0.3 is 4.43 Å². The van der Waals surface area contributed by atoms with Gasteiger partial charge in [-0.05, 0) is 28.5 Å². The van der Waals surface area contributed by atoms with Gasteiger partial charge in [-0.2, -0.15) is 0 Å². The highest BCUT2D eigenvalue weighted by atomic mass is 28.4. The second-order valence-corrected chi connectivity index (χ2v) is 12.8. The minimum absolute atomic E-state index is 0.406. The van der Waals surface area contributed by atoms with Crippen LogP contribution in [0.15, 0.2) is 0 Å². The van der Waals surface area contributed by atoms with Crippen LogP contribution in [-0.2, 0) is 4.43 Å². The summed E-state index contributed by atoms with van der Waals surface area (Å²) < 4.78 is 6.88. The smallest absolute Gasteiger partial charge is 0.200 e. The van der Waals surface area contributed by atoms with Crippen LogP contribution in [0.5, 0.6) is 0 Å². The molecule has 1 nitrogen and oxygen atoms in total. The maximum Gasteiger partial charge on any atom is 0.200 e. The predicted molar refractivity (Wildman–Crippen MR) is 85.6 cm³/mol. The molecule has 0 fully saturated rings. The Bertz CT molecular complexity index is 201. The molecule has 0 unspecified atom stereocenters. The van der Waals surface area contributed by atoms with E-state index in [4.69, 9.17) is 4.43 Å². The minimum Gasteiger partial charge on any atom is -0.413 e. The van der Waals surface area contributed by atoms with Crippen LogP contribution in [0.25, 0.3) is 0 Å². The van der Waals surface area contributed by atoms with E-state index in [1.165, 1.54) is 0 Å². The van der Waals surface area contributed by atoms with E-state index in [2.05, 4.69) is 69.2 Å². The van der Waals surface area contributed by atoms with Crippen LogP contribution in [0.3, 0.4) is 0 Å². The highest BCUT2D eigenvalue weighted by Crippen LogP contribution is 2.44. The van der Waals surface area contributed by atoms with Crippen LogP contribution in [-0.4, -0.2) is 14.4 Å². The summed E-state index contributed by atoms with van der Waals surface area (Å²) in [5, 5.41) is 0. The van der Waals surface area contributed by atoms with Crippen molar-refractivity contribution >= 4 is 8.32 Å². The maximum absolute atomic E-state index is 6.88. The molecule has 0 bridgehead atoms. The molecule has 18 heavy (non-hydrogen) atoms. The van der Waals surface area contributed by atoms with Gasteiger partial charge in [-0.15, -0.1) is 0 Å². The summed E-state index contributed by atoms with van der Waals surface area (Å²) in [7, 11) is -1.72. The lowest BCUT2D eigenvalue weighted by atomic mass is 9.97. The summed E-state index contributed by atoms with van der Waals surface area (Å²) in [5.41, 5.74) is 2.03. The van der Waals surface area contributed by atoms with Gasteiger partial charge in [-0.1, -0.05) is 69.2 Å². The van der Waals surface area contributed by atoms with Crippen LogP contribution < -0.4 is 0 Å². The van der Waals surface area contributed by atoms with E-state index >= 15 is 0 Å². The van der Waals surface area contributed by atoms with E-state index < -0.39 is 8.32 Å². The lowest BCUT2D eigenvalue weighted by Gasteiger charge is -2.46. The SMILES string of the molecule is CC(C)C(O[Si](C(C)C)(C(C)C)C(C)C)C(C)C. The van der Waals surface area contributed by atoms with E-state index in [-0.39, 0.29) is 0 Å². The summed E-state index contributed by atoms with van der Waals surface area (Å²) >= 11 is 0. The first-order chi connectivity index (χ1) is 8.07. The standard InChI is InChI=1S/C16H36OSi/c1-11(2)16(12(3)4)17-18(13(5)6,14(7)8)15(9)10/h11-16H,1-10H3. The van der Waals surface area contributed by atoms with Gasteiger partial charge in [-0.25, -0.2) is 0 Å². The molecule has 0 radical (unpaired) electrons. The zero-order valence-corrected chi connectivity index (χ0v) is 15.4. The van der Waals surface area contributed by atoms with Gasteiger partial charge in [-0.3, -0.25) is 0 Å². The lowest BCUT2D eigenvalue weighted by Crippen LogP contribution is -2.52. The van der Waals surface area contributed by atoms with Crippen molar-refractivity contribution in [2.75, 3.05) is 0 Å². The Labute approximate surface area is 117 Å². The van der Waals surface area contributed by atoms with Crippen LogP contribution in [0, 0.1) is 11.8 Å². The van der Waals surface area contributed by atoms with Gasteiger partial charge in [0.1, 0.15) is 0 Å². The van der Waals surface area contributed by atoms with Gasteiger partial charge in [0.05, 0.1) is 0 Å². The highest BCUT2D eigenvalue weighted by molar-refractivity contribution is 6.77. The van der Waals surface area contributed by atoms with Gasteiger partial charge >= 0.3 is 0 Å². The molecular formula is C16H36OSi. The fourth-order valence-electron chi connectivity index (χ4n) is 3.69. The number of hydrogen-bond donors (Lipinski definition) is 0. The first-order valence-corrected chi connectivity index (χ1v) is 9.89. The molecule has 0 aromatic heterocycles. The van der Waals surface area contributed by atoms with Crippen molar-refractivity contribution in [2.24, 2.45) is 11.8 Å². The molecular weight excluding hydrogens is 236 g/mol. The summed E-state index contributed by atoms with van der Waals surface area (Å²) in [5.74, 6) is 1.21. The topological polar surface area (TPSA) is 9.23 Å². The van der Waals surface area contributed by atoms with Crippen LogP contribution in [0.4, 0.5) is 0 Å². The lowest BCUT2D eigenvalue weighted by molar-refractivity contribution is 0.0850. The molecule has 0 rings (SSSR count). The van der Waals surface area contributed by atoms with Crippen molar-refractivity contribution in [3.05, 3.63) is 0 Å². The second kappa shape index (κ2) is 7.09. The third kappa shape index (κ3) is 3.83. The van der Waals surface area contributed by atoms with Crippen molar-refractivity contribution < 1.29 is 4.43 Å². The average Bonchev–Trinajstić information content (AvgIpc) is 2.15. The van der Waals surface area contributed by atoms with Crippen LogP contribution in [0.2, 0.25) is 16.6 Å². The van der Waals surface area contributed by atoms with E-state index in [9.17, 15) is 0 Å². The molecule has 0 aromatic carbocycles. The molecule has 0 heterocycles. The molecule has 0 amide bonds. The molecule has 0 N–H and O–H groups in total. The Hall–Kier alpha value is 0.177. The monoisotopic (exact) mass is 272 g/mol. The Kier molecular flexibility index (Phi) is 7.16. The first kappa shape index (κ1) is 18.2. The Morgan fingerprint density at radius 1 is 0.556 bits per heavy atom. The second-order valence-electron chi connectivity index (χ2n) is 7.39. The average molecular weight is 273 g/mol. The molecule has 0 aliphatic carbocycles. The molecule has 110 valence electrons.